The lowest BCUT2D eigenvalue weighted by Crippen LogP contribution is -2.33. The van der Waals surface area contributed by atoms with Crippen molar-refractivity contribution in [3.63, 3.8) is 0 Å². The Morgan fingerprint density at radius 3 is 2.44 bits per heavy atom. The predicted molar refractivity (Wildman–Crippen MR) is 164 cm³/mol. The van der Waals surface area contributed by atoms with Crippen LogP contribution in [0.15, 0.2) is 39.7 Å². The van der Waals surface area contributed by atoms with Crippen molar-refractivity contribution in [3.8, 4) is 11.5 Å². The number of hydrogen-bond donors (Lipinski definition) is 0. The van der Waals surface area contributed by atoms with E-state index in [1.54, 1.807) is 39.4 Å². The van der Waals surface area contributed by atoms with Crippen molar-refractivity contribution in [2.75, 3.05) is 44.1 Å². The Hall–Kier alpha value is -3.12. The molecule has 10 nitrogen and oxygen atoms in total. The number of hydrogen-bond acceptors (Lipinski definition) is 7. The highest BCUT2D eigenvalue weighted by Crippen LogP contribution is 2.48. The van der Waals surface area contributed by atoms with Gasteiger partial charge in [-0.1, -0.05) is 12.1 Å². The highest BCUT2D eigenvalue weighted by Gasteiger charge is 2.39. The Labute approximate surface area is 244 Å². The number of methoxy groups -OCH3 is 1. The lowest BCUT2D eigenvalue weighted by molar-refractivity contribution is 0.134. The fourth-order valence-corrected chi connectivity index (χ4v) is 7.22. The largest absolute Gasteiger partial charge is 0.493 e. The molecule has 0 N–H and O–H groups in total. The first-order valence-corrected chi connectivity index (χ1v) is 16.9. The van der Waals surface area contributed by atoms with Crippen molar-refractivity contribution in [2.24, 2.45) is 9.39 Å². The normalized spacial score (nSPS) is 17.4. The number of aliphatic imine (C=N–C) groups is 1. The minimum atomic E-state index is -3.73. The van der Waals surface area contributed by atoms with Gasteiger partial charge in [0.05, 0.1) is 36.1 Å². The molecule has 0 saturated heterocycles. The molecular weight excluding hydrogens is 564 g/mol. The molecule has 2 aliphatic heterocycles. The first-order chi connectivity index (χ1) is 18.9. The van der Waals surface area contributed by atoms with Crippen molar-refractivity contribution in [2.45, 2.75) is 58.1 Å². The number of nitrogens with zero attached hydrogens (tertiary/aromatic N) is 4. The van der Waals surface area contributed by atoms with Crippen LogP contribution in [0.5, 0.6) is 11.5 Å². The van der Waals surface area contributed by atoms with Gasteiger partial charge in [-0.3, -0.25) is 9.30 Å². The maximum absolute atomic E-state index is 12.9. The van der Waals surface area contributed by atoms with Gasteiger partial charge >= 0.3 is 0 Å². The lowest BCUT2D eigenvalue weighted by atomic mass is 9.81. The molecule has 41 heavy (non-hydrogen) atoms. The average Bonchev–Trinajstić information content (AvgIpc) is 3.18. The molecule has 224 valence electrons. The minimum absolute atomic E-state index is 0.0117. The monoisotopic (exact) mass is 604 g/mol. The second kappa shape index (κ2) is 10.9. The third-order valence-electron chi connectivity index (χ3n) is 6.91. The molecule has 2 heterocycles. The van der Waals surface area contributed by atoms with Gasteiger partial charge in [0.1, 0.15) is 11.9 Å². The molecule has 12 heteroatoms. The van der Waals surface area contributed by atoms with Crippen LogP contribution < -0.4 is 13.8 Å². The van der Waals surface area contributed by atoms with Crippen molar-refractivity contribution in [3.05, 3.63) is 52.6 Å². The standard InChI is InChI=1S/C29H40N4O6S2/c1-28(2)17-21-16-24(38-7)27-23(18-29(3,4)39-27)25(21)26(31-28)20-11-9-12-22(15-20)33(40(8,34)35)13-10-14-41(36,37)30-19-32(5)6/h9,11-12,15-16,19H,10,13-14,17-18H2,1-8H3. The summed E-state index contributed by atoms with van der Waals surface area (Å²) >= 11 is 0. The Morgan fingerprint density at radius 1 is 1.10 bits per heavy atom. The van der Waals surface area contributed by atoms with Crippen LogP contribution in [0.2, 0.25) is 0 Å². The molecule has 0 unspecified atom stereocenters. The van der Waals surface area contributed by atoms with Gasteiger partial charge in [0.15, 0.2) is 11.5 Å². The zero-order valence-corrected chi connectivity index (χ0v) is 26.7. The topological polar surface area (TPSA) is 118 Å². The molecule has 0 aromatic heterocycles. The Balaban J connectivity index is 1.74. The molecule has 4 rings (SSSR count). The lowest BCUT2D eigenvalue weighted by Gasteiger charge is -2.31. The SMILES string of the molecule is COc1cc2c(c3c1OC(C)(C)C3)C(c1cccc(N(CCCS(=O)(=O)N=CN(C)C)S(C)(=O)=O)c1)=NC(C)(C)C2. The van der Waals surface area contributed by atoms with E-state index in [1.165, 1.54) is 15.5 Å². The molecule has 2 aromatic carbocycles. The van der Waals surface area contributed by atoms with Crippen LogP contribution in [-0.2, 0) is 32.9 Å². The summed E-state index contributed by atoms with van der Waals surface area (Å²) in [6.45, 7) is 8.21. The summed E-state index contributed by atoms with van der Waals surface area (Å²) in [5.41, 5.74) is 4.31. The number of sulfonamides is 2. The van der Waals surface area contributed by atoms with Gasteiger partial charge < -0.3 is 14.4 Å². The van der Waals surface area contributed by atoms with Gasteiger partial charge in [-0.15, -0.1) is 0 Å². The van der Waals surface area contributed by atoms with E-state index in [-0.39, 0.29) is 18.7 Å². The maximum Gasteiger partial charge on any atom is 0.254 e. The molecule has 0 atom stereocenters. The zero-order valence-electron chi connectivity index (χ0n) is 25.1. The van der Waals surface area contributed by atoms with Gasteiger partial charge in [-0.25, -0.2) is 16.8 Å². The summed E-state index contributed by atoms with van der Waals surface area (Å²) in [5.74, 6) is 1.14. The average molecular weight is 605 g/mol. The molecule has 2 aliphatic rings. The summed E-state index contributed by atoms with van der Waals surface area (Å²) in [6.07, 6.45) is 3.82. The van der Waals surface area contributed by atoms with Crippen LogP contribution in [0.25, 0.3) is 0 Å². The van der Waals surface area contributed by atoms with E-state index >= 15 is 0 Å². The van der Waals surface area contributed by atoms with Gasteiger partial charge in [-0.05, 0) is 64.3 Å². The van der Waals surface area contributed by atoms with Crippen LogP contribution in [0.4, 0.5) is 5.69 Å². The van der Waals surface area contributed by atoms with Crippen molar-refractivity contribution in [1.82, 2.24) is 4.90 Å². The second-order valence-corrected chi connectivity index (χ2v) is 15.8. The fourth-order valence-electron chi connectivity index (χ4n) is 5.33. The quantitative estimate of drug-likeness (QED) is 0.300. The predicted octanol–water partition coefficient (Wildman–Crippen LogP) is 3.66. The summed E-state index contributed by atoms with van der Waals surface area (Å²) in [4.78, 5) is 6.68. The summed E-state index contributed by atoms with van der Waals surface area (Å²) < 4.78 is 67.2. The zero-order chi connectivity index (χ0) is 30.4. The molecule has 0 spiro atoms. The number of ether oxygens (including phenoxy) is 2. The first kappa shape index (κ1) is 30.8. The van der Waals surface area contributed by atoms with E-state index in [0.29, 0.717) is 17.9 Å². The highest BCUT2D eigenvalue weighted by molar-refractivity contribution is 7.92. The third-order valence-corrected chi connectivity index (χ3v) is 9.33. The van der Waals surface area contributed by atoms with E-state index < -0.39 is 31.2 Å². The van der Waals surface area contributed by atoms with E-state index in [9.17, 15) is 16.8 Å². The molecule has 0 aliphatic carbocycles. The highest BCUT2D eigenvalue weighted by atomic mass is 32.2. The minimum Gasteiger partial charge on any atom is -0.493 e. The summed E-state index contributed by atoms with van der Waals surface area (Å²) in [7, 11) is -2.45. The molecule has 2 aromatic rings. The molecular formula is C29H40N4O6S2. The molecule has 0 fully saturated rings. The van der Waals surface area contributed by atoms with Crippen LogP contribution in [0.1, 0.15) is 56.4 Å². The third kappa shape index (κ3) is 7.03. The van der Waals surface area contributed by atoms with Crippen molar-refractivity contribution in [1.29, 1.82) is 0 Å². The Bertz CT molecular complexity index is 1610. The van der Waals surface area contributed by atoms with Crippen molar-refractivity contribution < 1.29 is 26.3 Å². The van der Waals surface area contributed by atoms with Gasteiger partial charge in [0.25, 0.3) is 10.0 Å². The van der Waals surface area contributed by atoms with E-state index in [4.69, 9.17) is 14.5 Å². The van der Waals surface area contributed by atoms with Gasteiger partial charge in [0, 0.05) is 43.8 Å². The fraction of sp³-hybridized carbons (Fsp3) is 0.517. The maximum atomic E-state index is 12.9. The van der Waals surface area contributed by atoms with Crippen LogP contribution in [0.3, 0.4) is 0 Å². The second-order valence-electron chi connectivity index (χ2n) is 12.1. The molecule has 0 amide bonds. The summed E-state index contributed by atoms with van der Waals surface area (Å²) in [6, 6.07) is 9.27. The van der Waals surface area contributed by atoms with Crippen LogP contribution in [0, 0.1) is 0 Å². The first-order valence-electron chi connectivity index (χ1n) is 13.5. The van der Waals surface area contributed by atoms with Gasteiger partial charge in [0.2, 0.25) is 10.0 Å². The molecule has 0 saturated carbocycles. The molecule has 0 radical (unpaired) electrons. The Kier molecular flexibility index (Phi) is 8.23. The van der Waals surface area contributed by atoms with E-state index in [1.807, 2.05) is 26.0 Å². The number of anilines is 1. The Morgan fingerprint density at radius 2 is 1.80 bits per heavy atom. The number of benzene rings is 2. The molecule has 0 bridgehead atoms. The number of rotatable bonds is 10. The van der Waals surface area contributed by atoms with E-state index in [2.05, 4.69) is 18.2 Å². The van der Waals surface area contributed by atoms with Crippen LogP contribution >= 0.6 is 0 Å². The number of fused-ring (bicyclic) bond motifs is 3. The summed E-state index contributed by atoms with van der Waals surface area (Å²) in [5, 5.41) is 0. The van der Waals surface area contributed by atoms with Crippen molar-refractivity contribution >= 4 is 37.8 Å². The van der Waals surface area contributed by atoms with Crippen LogP contribution in [-0.4, -0.2) is 84.7 Å². The van der Waals surface area contributed by atoms with E-state index in [0.717, 1.165) is 46.4 Å². The smallest absolute Gasteiger partial charge is 0.254 e. The van der Waals surface area contributed by atoms with Gasteiger partial charge in [-0.2, -0.15) is 4.40 Å².